The first-order chi connectivity index (χ1) is 12.2. The molecule has 0 heterocycles. The molecule has 0 aliphatic carbocycles. The Hall–Kier alpha value is -2.87. The fourth-order valence-electron chi connectivity index (χ4n) is 2.15. The van der Waals surface area contributed by atoms with Crippen molar-refractivity contribution in [2.75, 3.05) is 20.5 Å². The molecule has 8 heteroatoms. The molecule has 0 aliphatic rings. The predicted molar refractivity (Wildman–Crippen MR) is 98.8 cm³/mol. The maximum absolute atomic E-state index is 12.3. The second-order valence-electron chi connectivity index (χ2n) is 5.54. The van der Waals surface area contributed by atoms with E-state index in [2.05, 4.69) is 10.5 Å². The molecule has 0 saturated heterocycles. The quantitative estimate of drug-likeness (QED) is 0.616. The van der Waals surface area contributed by atoms with E-state index in [1.807, 2.05) is 0 Å². The van der Waals surface area contributed by atoms with Crippen molar-refractivity contribution in [1.82, 2.24) is 5.43 Å². The average Bonchev–Trinajstić information content (AvgIpc) is 2.64. The fraction of sp³-hybridized carbons (Fsp3) is 0.222. The van der Waals surface area contributed by atoms with Crippen LogP contribution in [-0.2, 0) is 9.84 Å². The number of benzene rings is 2. The maximum Gasteiger partial charge on any atom is 0.271 e. The van der Waals surface area contributed by atoms with Gasteiger partial charge in [-0.3, -0.25) is 4.79 Å². The Labute approximate surface area is 152 Å². The third kappa shape index (κ3) is 4.82. The summed E-state index contributed by atoms with van der Waals surface area (Å²) in [5, 5.41) is 4.06. The molecule has 0 spiro atoms. The number of nitrogens with zero attached hydrogens (tertiary/aromatic N) is 1. The van der Waals surface area contributed by atoms with Crippen LogP contribution in [0, 0.1) is 0 Å². The molecule has 1 N–H and O–H groups in total. The van der Waals surface area contributed by atoms with Gasteiger partial charge in [-0.15, -0.1) is 0 Å². The SMILES string of the molecule is COc1cc(OC)cc(C(=O)N/N=C(/C)c2ccc(S(C)(=O)=O)cc2)c1. The van der Waals surface area contributed by atoms with Crippen molar-refractivity contribution in [3.05, 3.63) is 53.6 Å². The number of methoxy groups -OCH3 is 2. The van der Waals surface area contributed by atoms with E-state index < -0.39 is 15.7 Å². The molecule has 0 aliphatic heterocycles. The smallest absolute Gasteiger partial charge is 0.271 e. The van der Waals surface area contributed by atoms with Gasteiger partial charge in [-0.1, -0.05) is 12.1 Å². The molecular formula is C18H20N2O5S. The first-order valence-corrected chi connectivity index (χ1v) is 9.52. The zero-order valence-electron chi connectivity index (χ0n) is 14.9. The summed E-state index contributed by atoms with van der Waals surface area (Å²) >= 11 is 0. The third-order valence-corrected chi connectivity index (χ3v) is 4.77. The zero-order valence-corrected chi connectivity index (χ0v) is 15.8. The standard InChI is InChI=1S/C18H20N2O5S/c1-12(13-5-7-17(8-6-13)26(4,22)23)19-20-18(21)14-9-15(24-2)11-16(10-14)25-3/h5-11H,1-4H3,(H,20,21)/b19-12-. The Balaban J connectivity index is 2.17. The van der Waals surface area contributed by atoms with Crippen molar-refractivity contribution < 1.29 is 22.7 Å². The van der Waals surface area contributed by atoms with E-state index in [1.165, 1.54) is 26.4 Å². The molecule has 26 heavy (non-hydrogen) atoms. The van der Waals surface area contributed by atoms with E-state index in [1.54, 1.807) is 37.3 Å². The minimum absolute atomic E-state index is 0.224. The average molecular weight is 376 g/mol. The van der Waals surface area contributed by atoms with E-state index in [0.29, 0.717) is 28.3 Å². The van der Waals surface area contributed by atoms with Crippen LogP contribution in [0.3, 0.4) is 0 Å². The Morgan fingerprint density at radius 2 is 1.50 bits per heavy atom. The van der Waals surface area contributed by atoms with Gasteiger partial charge in [0.05, 0.1) is 24.8 Å². The minimum Gasteiger partial charge on any atom is -0.497 e. The highest BCUT2D eigenvalue weighted by molar-refractivity contribution is 7.90. The van der Waals surface area contributed by atoms with Crippen molar-refractivity contribution in [2.45, 2.75) is 11.8 Å². The molecule has 0 aromatic heterocycles. The molecule has 0 radical (unpaired) electrons. The molecule has 0 unspecified atom stereocenters. The van der Waals surface area contributed by atoms with Crippen LogP contribution in [0.4, 0.5) is 0 Å². The number of sulfone groups is 1. The Kier molecular flexibility index (Phi) is 5.99. The van der Waals surface area contributed by atoms with Crippen LogP contribution >= 0.6 is 0 Å². The van der Waals surface area contributed by atoms with E-state index in [-0.39, 0.29) is 4.90 Å². The summed E-state index contributed by atoms with van der Waals surface area (Å²) in [5.74, 6) is 0.562. The maximum atomic E-state index is 12.3. The molecule has 1 amide bonds. The van der Waals surface area contributed by atoms with Crippen LogP contribution in [0.2, 0.25) is 0 Å². The Morgan fingerprint density at radius 3 is 1.96 bits per heavy atom. The molecule has 138 valence electrons. The number of nitrogens with one attached hydrogen (secondary N) is 1. The lowest BCUT2D eigenvalue weighted by atomic mass is 10.1. The minimum atomic E-state index is -3.25. The van der Waals surface area contributed by atoms with Gasteiger partial charge in [0.15, 0.2) is 9.84 Å². The number of amides is 1. The van der Waals surface area contributed by atoms with Gasteiger partial charge in [-0.05, 0) is 36.8 Å². The summed E-state index contributed by atoms with van der Waals surface area (Å²) in [7, 11) is -0.256. The summed E-state index contributed by atoms with van der Waals surface area (Å²) in [6.45, 7) is 1.71. The van der Waals surface area contributed by atoms with Crippen LogP contribution in [0.1, 0.15) is 22.8 Å². The monoisotopic (exact) mass is 376 g/mol. The Morgan fingerprint density at radius 1 is 0.962 bits per heavy atom. The van der Waals surface area contributed by atoms with Crippen molar-refractivity contribution in [2.24, 2.45) is 5.10 Å². The fourth-order valence-corrected chi connectivity index (χ4v) is 2.78. The van der Waals surface area contributed by atoms with Crippen LogP contribution in [-0.4, -0.2) is 40.5 Å². The van der Waals surface area contributed by atoms with Gasteiger partial charge in [-0.2, -0.15) is 5.10 Å². The summed E-state index contributed by atoms with van der Waals surface area (Å²) in [5.41, 5.74) is 4.03. The van der Waals surface area contributed by atoms with Crippen molar-refractivity contribution in [3.63, 3.8) is 0 Å². The second kappa shape index (κ2) is 8.01. The highest BCUT2D eigenvalue weighted by atomic mass is 32.2. The summed E-state index contributed by atoms with van der Waals surface area (Å²) in [4.78, 5) is 12.5. The normalized spacial score (nSPS) is 11.8. The van der Waals surface area contributed by atoms with Gasteiger partial charge in [-0.25, -0.2) is 13.8 Å². The van der Waals surface area contributed by atoms with Crippen LogP contribution in [0.25, 0.3) is 0 Å². The van der Waals surface area contributed by atoms with E-state index in [4.69, 9.17) is 9.47 Å². The molecule has 2 aromatic rings. The van der Waals surface area contributed by atoms with Gasteiger partial charge in [0.2, 0.25) is 0 Å². The van der Waals surface area contributed by atoms with Crippen molar-refractivity contribution in [3.8, 4) is 11.5 Å². The number of hydrogen-bond donors (Lipinski definition) is 1. The lowest BCUT2D eigenvalue weighted by molar-refractivity contribution is 0.0954. The summed E-state index contributed by atoms with van der Waals surface area (Å²) < 4.78 is 33.2. The van der Waals surface area contributed by atoms with Gasteiger partial charge in [0.25, 0.3) is 5.91 Å². The number of hydrogen-bond acceptors (Lipinski definition) is 6. The molecule has 7 nitrogen and oxygen atoms in total. The topological polar surface area (TPSA) is 94.1 Å². The van der Waals surface area contributed by atoms with E-state index in [9.17, 15) is 13.2 Å². The first kappa shape index (κ1) is 19.5. The summed E-state index contributed by atoms with van der Waals surface area (Å²) in [6.07, 6.45) is 1.14. The highest BCUT2D eigenvalue weighted by Gasteiger charge is 2.10. The lowest BCUT2D eigenvalue weighted by Crippen LogP contribution is -2.19. The zero-order chi connectivity index (χ0) is 19.3. The Bertz CT molecular complexity index is 912. The first-order valence-electron chi connectivity index (χ1n) is 7.63. The molecule has 0 bridgehead atoms. The second-order valence-corrected chi connectivity index (χ2v) is 7.55. The van der Waals surface area contributed by atoms with Gasteiger partial charge in [0, 0.05) is 17.9 Å². The van der Waals surface area contributed by atoms with Crippen LogP contribution in [0.5, 0.6) is 11.5 Å². The van der Waals surface area contributed by atoms with Gasteiger partial charge < -0.3 is 9.47 Å². The highest BCUT2D eigenvalue weighted by Crippen LogP contribution is 2.22. The molecule has 2 aromatic carbocycles. The van der Waals surface area contributed by atoms with Crippen molar-refractivity contribution in [1.29, 1.82) is 0 Å². The molecule has 0 atom stereocenters. The molecular weight excluding hydrogens is 356 g/mol. The van der Waals surface area contributed by atoms with Gasteiger partial charge >= 0.3 is 0 Å². The largest absolute Gasteiger partial charge is 0.497 e. The predicted octanol–water partition coefficient (Wildman–Crippen LogP) is 2.26. The number of carbonyl (C=O) groups is 1. The molecule has 0 saturated carbocycles. The number of hydrazone groups is 1. The van der Waals surface area contributed by atoms with Crippen LogP contribution < -0.4 is 14.9 Å². The van der Waals surface area contributed by atoms with E-state index >= 15 is 0 Å². The molecule has 0 fully saturated rings. The van der Waals surface area contributed by atoms with Crippen LogP contribution in [0.15, 0.2) is 52.5 Å². The molecule has 2 rings (SSSR count). The number of rotatable bonds is 6. The van der Waals surface area contributed by atoms with Gasteiger partial charge in [0.1, 0.15) is 11.5 Å². The van der Waals surface area contributed by atoms with Crippen molar-refractivity contribution >= 4 is 21.5 Å². The third-order valence-electron chi connectivity index (χ3n) is 3.64. The summed E-state index contributed by atoms with van der Waals surface area (Å²) in [6, 6.07) is 11.1. The lowest BCUT2D eigenvalue weighted by Gasteiger charge is -2.08. The van der Waals surface area contributed by atoms with E-state index in [0.717, 1.165) is 6.26 Å². The number of carbonyl (C=O) groups excluding carboxylic acids is 1. The number of ether oxygens (including phenoxy) is 2.